The number of rotatable bonds is 6. The van der Waals surface area contributed by atoms with E-state index in [-0.39, 0.29) is 12.5 Å². The van der Waals surface area contributed by atoms with Crippen LogP contribution in [0.3, 0.4) is 0 Å². The molecule has 0 N–H and O–H groups in total. The molecule has 32 heavy (non-hydrogen) atoms. The highest BCUT2D eigenvalue weighted by Crippen LogP contribution is 2.36. The summed E-state index contributed by atoms with van der Waals surface area (Å²) >= 11 is 0. The summed E-state index contributed by atoms with van der Waals surface area (Å²) in [6, 6.07) is 11.7. The number of pyridine rings is 1. The summed E-state index contributed by atoms with van der Waals surface area (Å²) < 4.78 is 18.4. The minimum Gasteiger partial charge on any atom is -0.491 e. The Morgan fingerprint density at radius 3 is 2.66 bits per heavy atom. The fraction of sp³-hybridized carbons (Fsp3) is 0.182. The zero-order valence-electron chi connectivity index (χ0n) is 17.7. The molecule has 4 aromatic heterocycles. The van der Waals surface area contributed by atoms with E-state index in [0.717, 1.165) is 16.8 Å². The normalized spacial score (nSPS) is 11.1. The van der Waals surface area contributed by atoms with Gasteiger partial charge in [0.25, 0.3) is 11.8 Å². The van der Waals surface area contributed by atoms with Gasteiger partial charge in [0, 0.05) is 37.4 Å². The van der Waals surface area contributed by atoms with Crippen molar-refractivity contribution in [2.24, 2.45) is 7.05 Å². The Morgan fingerprint density at radius 1 is 1.06 bits per heavy atom. The van der Waals surface area contributed by atoms with E-state index >= 15 is 0 Å². The van der Waals surface area contributed by atoms with Gasteiger partial charge in [0.05, 0.1) is 12.6 Å². The second kappa shape index (κ2) is 8.06. The molecule has 160 valence electrons. The maximum absolute atomic E-state index is 5.84. The SMILES string of the molecule is COc1cc2ncnc(-c3cn(C)nc3-c3ccccc3)c2nc1OCc1nnc(C)o1. The van der Waals surface area contributed by atoms with Gasteiger partial charge < -0.3 is 13.9 Å². The van der Waals surface area contributed by atoms with Gasteiger partial charge in [-0.05, 0) is 0 Å². The predicted octanol–water partition coefficient (Wildman–Crippen LogP) is 3.37. The third kappa shape index (κ3) is 3.62. The van der Waals surface area contributed by atoms with Gasteiger partial charge in [-0.2, -0.15) is 5.10 Å². The first-order chi connectivity index (χ1) is 15.6. The molecule has 0 aliphatic heterocycles. The van der Waals surface area contributed by atoms with Crippen molar-refractivity contribution in [1.29, 1.82) is 0 Å². The molecule has 0 spiro atoms. The molecular formula is C22H19N7O3. The Bertz CT molecular complexity index is 1400. The number of hydrogen-bond donors (Lipinski definition) is 0. The first-order valence-electron chi connectivity index (χ1n) is 9.83. The van der Waals surface area contributed by atoms with E-state index in [2.05, 4.69) is 30.2 Å². The van der Waals surface area contributed by atoms with Crippen LogP contribution < -0.4 is 9.47 Å². The van der Waals surface area contributed by atoms with Crippen LogP contribution in [0.2, 0.25) is 0 Å². The van der Waals surface area contributed by atoms with Crippen LogP contribution in [0.1, 0.15) is 11.8 Å². The molecule has 5 rings (SSSR count). The summed E-state index contributed by atoms with van der Waals surface area (Å²) in [6.07, 6.45) is 3.42. The predicted molar refractivity (Wildman–Crippen MR) is 115 cm³/mol. The summed E-state index contributed by atoms with van der Waals surface area (Å²) in [7, 11) is 3.42. The van der Waals surface area contributed by atoms with Crippen molar-refractivity contribution in [2.75, 3.05) is 7.11 Å². The molecule has 0 fully saturated rings. The van der Waals surface area contributed by atoms with Gasteiger partial charge in [0.1, 0.15) is 23.2 Å². The van der Waals surface area contributed by atoms with Gasteiger partial charge in [-0.1, -0.05) is 30.3 Å². The summed E-state index contributed by atoms with van der Waals surface area (Å²) in [6.45, 7) is 1.77. The summed E-state index contributed by atoms with van der Waals surface area (Å²) in [5, 5.41) is 12.4. The topological polar surface area (TPSA) is 114 Å². The Balaban J connectivity index is 1.62. The lowest BCUT2D eigenvalue weighted by molar-refractivity contribution is 0.239. The van der Waals surface area contributed by atoms with E-state index in [0.29, 0.717) is 34.3 Å². The number of aromatic nitrogens is 7. The van der Waals surface area contributed by atoms with Gasteiger partial charge in [0.15, 0.2) is 12.4 Å². The van der Waals surface area contributed by atoms with Crippen molar-refractivity contribution in [1.82, 2.24) is 34.9 Å². The van der Waals surface area contributed by atoms with Crippen LogP contribution >= 0.6 is 0 Å². The van der Waals surface area contributed by atoms with Crippen molar-refractivity contribution in [3.8, 4) is 34.1 Å². The second-order valence-corrected chi connectivity index (χ2v) is 7.02. The van der Waals surface area contributed by atoms with Crippen molar-refractivity contribution in [2.45, 2.75) is 13.5 Å². The maximum Gasteiger partial charge on any atom is 0.258 e. The van der Waals surface area contributed by atoms with E-state index in [4.69, 9.17) is 13.9 Å². The van der Waals surface area contributed by atoms with Crippen LogP contribution in [0.4, 0.5) is 0 Å². The molecule has 0 unspecified atom stereocenters. The van der Waals surface area contributed by atoms with Crippen molar-refractivity contribution >= 4 is 11.0 Å². The van der Waals surface area contributed by atoms with Crippen LogP contribution in [0.5, 0.6) is 11.6 Å². The standard InChI is InChI=1S/C22H19N7O3/c1-13-26-27-18(32-13)11-31-22-17(30-3)9-16-21(25-22)20(24-12-23-16)15-10-29(2)28-19(15)14-7-5-4-6-8-14/h4-10,12H,11H2,1-3H3. The highest BCUT2D eigenvalue weighted by Gasteiger charge is 2.20. The summed E-state index contributed by atoms with van der Waals surface area (Å²) in [5.74, 6) is 1.52. The largest absolute Gasteiger partial charge is 0.491 e. The van der Waals surface area contributed by atoms with Crippen LogP contribution in [0, 0.1) is 6.92 Å². The van der Waals surface area contributed by atoms with Gasteiger partial charge in [-0.25, -0.2) is 15.0 Å². The zero-order valence-corrected chi connectivity index (χ0v) is 17.7. The van der Waals surface area contributed by atoms with E-state index in [9.17, 15) is 0 Å². The van der Waals surface area contributed by atoms with Crippen molar-refractivity contribution in [3.05, 3.63) is 60.7 Å². The Kier molecular flexibility index (Phi) is 4.94. The Morgan fingerprint density at radius 2 is 1.91 bits per heavy atom. The second-order valence-electron chi connectivity index (χ2n) is 7.02. The average molecular weight is 429 g/mol. The van der Waals surface area contributed by atoms with Crippen LogP contribution in [-0.4, -0.2) is 42.0 Å². The fourth-order valence-corrected chi connectivity index (χ4v) is 3.39. The molecule has 0 saturated heterocycles. The maximum atomic E-state index is 5.84. The van der Waals surface area contributed by atoms with Gasteiger partial charge in [0.2, 0.25) is 5.89 Å². The van der Waals surface area contributed by atoms with E-state index < -0.39 is 0 Å². The number of fused-ring (bicyclic) bond motifs is 1. The summed E-state index contributed by atoms with van der Waals surface area (Å²) in [5.41, 5.74) is 4.44. The Labute approximate surface area is 182 Å². The molecule has 10 nitrogen and oxygen atoms in total. The molecule has 0 saturated carbocycles. The lowest BCUT2D eigenvalue weighted by Crippen LogP contribution is -2.02. The molecular weight excluding hydrogens is 410 g/mol. The van der Waals surface area contributed by atoms with E-state index in [1.807, 2.05) is 43.6 Å². The zero-order chi connectivity index (χ0) is 22.1. The molecule has 1 aromatic carbocycles. The molecule has 0 radical (unpaired) electrons. The third-order valence-corrected chi connectivity index (χ3v) is 4.79. The average Bonchev–Trinajstić information content (AvgIpc) is 3.42. The minimum atomic E-state index is 0.0564. The smallest absolute Gasteiger partial charge is 0.258 e. The number of benzene rings is 1. The van der Waals surface area contributed by atoms with Crippen LogP contribution in [-0.2, 0) is 13.7 Å². The fourth-order valence-electron chi connectivity index (χ4n) is 3.39. The van der Waals surface area contributed by atoms with Crippen LogP contribution in [0.15, 0.2) is 53.3 Å². The molecule has 0 bridgehead atoms. The number of nitrogens with zero attached hydrogens (tertiary/aromatic N) is 7. The molecule has 5 aromatic rings. The van der Waals surface area contributed by atoms with E-state index in [1.165, 1.54) is 6.33 Å². The van der Waals surface area contributed by atoms with Crippen LogP contribution in [0.25, 0.3) is 33.5 Å². The first-order valence-corrected chi connectivity index (χ1v) is 9.83. The third-order valence-electron chi connectivity index (χ3n) is 4.79. The van der Waals surface area contributed by atoms with E-state index in [1.54, 1.807) is 24.8 Å². The molecule has 0 aliphatic carbocycles. The number of aryl methyl sites for hydroxylation is 2. The quantitative estimate of drug-likeness (QED) is 0.401. The molecule has 0 aliphatic rings. The number of ether oxygens (including phenoxy) is 2. The molecule has 4 heterocycles. The minimum absolute atomic E-state index is 0.0564. The van der Waals surface area contributed by atoms with Crippen molar-refractivity contribution < 1.29 is 13.9 Å². The lowest BCUT2D eigenvalue weighted by atomic mass is 10.0. The molecule has 0 amide bonds. The summed E-state index contributed by atoms with van der Waals surface area (Å²) in [4.78, 5) is 13.6. The molecule has 10 heteroatoms. The van der Waals surface area contributed by atoms with Gasteiger partial charge >= 0.3 is 0 Å². The monoisotopic (exact) mass is 429 g/mol. The first kappa shape index (κ1) is 19.6. The highest BCUT2D eigenvalue weighted by molar-refractivity contribution is 5.94. The Hall–Kier alpha value is -4.34. The molecule has 0 atom stereocenters. The van der Waals surface area contributed by atoms with Gasteiger partial charge in [-0.3, -0.25) is 4.68 Å². The number of hydrogen-bond acceptors (Lipinski definition) is 9. The van der Waals surface area contributed by atoms with Gasteiger partial charge in [-0.15, -0.1) is 10.2 Å². The number of methoxy groups -OCH3 is 1. The lowest BCUT2D eigenvalue weighted by Gasteiger charge is -2.11. The highest BCUT2D eigenvalue weighted by atomic mass is 16.5. The van der Waals surface area contributed by atoms with Crippen molar-refractivity contribution in [3.63, 3.8) is 0 Å².